The van der Waals surface area contributed by atoms with Crippen LogP contribution in [0.5, 0.6) is 17.4 Å². The third-order valence-electron chi connectivity index (χ3n) is 2.68. The van der Waals surface area contributed by atoms with Gasteiger partial charge in [0.2, 0.25) is 5.88 Å². The summed E-state index contributed by atoms with van der Waals surface area (Å²) in [4.78, 5) is 8.65. The van der Waals surface area contributed by atoms with Crippen molar-refractivity contribution in [1.29, 1.82) is 0 Å². The van der Waals surface area contributed by atoms with E-state index in [-0.39, 0.29) is 5.41 Å². The van der Waals surface area contributed by atoms with Crippen LogP contribution in [-0.4, -0.2) is 17.1 Å². The maximum absolute atomic E-state index is 5.82. The average Bonchev–Trinajstić information content (AvgIpc) is 2.37. The predicted octanol–water partition coefficient (Wildman–Crippen LogP) is 3.16. The number of hydrogen-bond donors (Lipinski definition) is 1. The highest BCUT2D eigenvalue weighted by Gasteiger charge is 2.19. The van der Waals surface area contributed by atoms with Crippen molar-refractivity contribution < 1.29 is 9.47 Å². The molecule has 2 aromatic rings. The summed E-state index contributed by atoms with van der Waals surface area (Å²) >= 11 is 0. The Morgan fingerprint density at radius 2 is 1.70 bits per heavy atom. The first kappa shape index (κ1) is 14.1. The van der Waals surface area contributed by atoms with Crippen LogP contribution in [0.25, 0.3) is 0 Å². The number of benzene rings is 1. The molecule has 0 atom stereocenters. The van der Waals surface area contributed by atoms with Crippen LogP contribution in [-0.2, 0) is 5.41 Å². The molecule has 1 heterocycles. The van der Waals surface area contributed by atoms with E-state index in [0.717, 1.165) is 0 Å². The summed E-state index contributed by atoms with van der Waals surface area (Å²) in [6.45, 7) is 6.07. The molecule has 0 saturated heterocycles. The SMILES string of the molecule is COc1ccccc1Oc1cc(N)nc(C(C)(C)C)n1. The Balaban J connectivity index is 2.36. The predicted molar refractivity (Wildman–Crippen MR) is 78.2 cm³/mol. The zero-order chi connectivity index (χ0) is 14.8. The van der Waals surface area contributed by atoms with Crippen LogP contribution in [0.1, 0.15) is 26.6 Å². The first-order chi connectivity index (χ1) is 9.40. The minimum absolute atomic E-state index is 0.200. The van der Waals surface area contributed by atoms with Gasteiger partial charge in [-0.3, -0.25) is 0 Å². The van der Waals surface area contributed by atoms with Crippen LogP contribution in [0.3, 0.4) is 0 Å². The van der Waals surface area contributed by atoms with E-state index in [9.17, 15) is 0 Å². The molecular formula is C15H19N3O2. The molecule has 106 valence electrons. The summed E-state index contributed by atoms with van der Waals surface area (Å²) in [6, 6.07) is 8.98. The molecule has 0 fully saturated rings. The molecule has 0 unspecified atom stereocenters. The Hall–Kier alpha value is -2.30. The maximum atomic E-state index is 5.82. The van der Waals surface area contributed by atoms with E-state index >= 15 is 0 Å². The first-order valence-electron chi connectivity index (χ1n) is 6.36. The standard InChI is InChI=1S/C15H19N3O2/c1-15(2,3)14-17-12(16)9-13(18-14)20-11-8-6-5-7-10(11)19-4/h5-9H,1-4H3,(H2,16,17,18). The van der Waals surface area contributed by atoms with E-state index in [1.54, 1.807) is 13.2 Å². The zero-order valence-corrected chi connectivity index (χ0v) is 12.2. The molecule has 0 bridgehead atoms. The van der Waals surface area contributed by atoms with Crippen LogP contribution in [0.4, 0.5) is 5.82 Å². The number of aromatic nitrogens is 2. The van der Waals surface area contributed by atoms with Crippen LogP contribution >= 0.6 is 0 Å². The fraction of sp³-hybridized carbons (Fsp3) is 0.333. The van der Waals surface area contributed by atoms with Gasteiger partial charge in [-0.1, -0.05) is 32.9 Å². The molecule has 0 amide bonds. The highest BCUT2D eigenvalue weighted by Crippen LogP contribution is 2.31. The lowest BCUT2D eigenvalue weighted by atomic mass is 9.96. The smallest absolute Gasteiger partial charge is 0.224 e. The normalized spacial score (nSPS) is 11.2. The summed E-state index contributed by atoms with van der Waals surface area (Å²) in [5.41, 5.74) is 5.62. The molecular weight excluding hydrogens is 254 g/mol. The zero-order valence-electron chi connectivity index (χ0n) is 12.2. The third-order valence-corrected chi connectivity index (χ3v) is 2.68. The number of hydrogen-bond acceptors (Lipinski definition) is 5. The number of nitrogen functional groups attached to an aromatic ring is 1. The van der Waals surface area contributed by atoms with Crippen molar-refractivity contribution in [2.24, 2.45) is 0 Å². The number of para-hydroxylation sites is 2. The lowest BCUT2D eigenvalue weighted by Gasteiger charge is -2.18. The summed E-state index contributed by atoms with van der Waals surface area (Å²) in [5.74, 6) is 2.67. The Bertz CT molecular complexity index is 606. The summed E-state index contributed by atoms with van der Waals surface area (Å²) < 4.78 is 11.0. The van der Waals surface area contributed by atoms with E-state index < -0.39 is 0 Å². The first-order valence-corrected chi connectivity index (χ1v) is 6.36. The molecule has 2 rings (SSSR count). The van der Waals surface area contributed by atoms with Crippen LogP contribution in [0.2, 0.25) is 0 Å². The van der Waals surface area contributed by atoms with E-state index in [0.29, 0.717) is 29.0 Å². The number of nitrogens with zero attached hydrogens (tertiary/aromatic N) is 2. The van der Waals surface area contributed by atoms with E-state index in [4.69, 9.17) is 15.2 Å². The molecule has 5 nitrogen and oxygen atoms in total. The fourth-order valence-electron chi connectivity index (χ4n) is 1.65. The molecule has 0 aliphatic carbocycles. The summed E-state index contributed by atoms with van der Waals surface area (Å²) in [6.07, 6.45) is 0. The van der Waals surface area contributed by atoms with Gasteiger partial charge in [0.15, 0.2) is 11.5 Å². The number of ether oxygens (including phenoxy) is 2. The highest BCUT2D eigenvalue weighted by molar-refractivity contribution is 5.43. The Morgan fingerprint density at radius 1 is 1.05 bits per heavy atom. The molecule has 0 radical (unpaired) electrons. The molecule has 0 aliphatic rings. The topological polar surface area (TPSA) is 70.3 Å². The van der Waals surface area contributed by atoms with Gasteiger partial charge in [-0.05, 0) is 12.1 Å². The lowest BCUT2D eigenvalue weighted by Crippen LogP contribution is -2.17. The Kier molecular flexibility index (Phi) is 3.79. The van der Waals surface area contributed by atoms with Crippen LogP contribution in [0, 0.1) is 0 Å². The van der Waals surface area contributed by atoms with Crippen molar-refractivity contribution in [2.45, 2.75) is 26.2 Å². The van der Waals surface area contributed by atoms with Gasteiger partial charge in [0.1, 0.15) is 11.6 Å². The third kappa shape index (κ3) is 3.17. The number of methoxy groups -OCH3 is 1. The monoisotopic (exact) mass is 273 g/mol. The second-order valence-corrected chi connectivity index (χ2v) is 5.46. The minimum Gasteiger partial charge on any atom is -0.493 e. The Morgan fingerprint density at radius 3 is 2.30 bits per heavy atom. The van der Waals surface area contributed by atoms with E-state index in [1.165, 1.54) is 0 Å². The molecule has 1 aromatic heterocycles. The van der Waals surface area contributed by atoms with Gasteiger partial charge in [-0.15, -0.1) is 0 Å². The van der Waals surface area contributed by atoms with E-state index in [1.807, 2.05) is 45.0 Å². The second-order valence-electron chi connectivity index (χ2n) is 5.46. The quantitative estimate of drug-likeness (QED) is 0.930. The van der Waals surface area contributed by atoms with Gasteiger partial charge in [-0.2, -0.15) is 4.98 Å². The molecule has 0 aliphatic heterocycles. The lowest BCUT2D eigenvalue weighted by molar-refractivity contribution is 0.372. The van der Waals surface area contributed by atoms with Gasteiger partial charge in [-0.25, -0.2) is 4.98 Å². The van der Waals surface area contributed by atoms with Crippen molar-refractivity contribution >= 4 is 5.82 Å². The number of nitrogens with two attached hydrogens (primary N) is 1. The van der Waals surface area contributed by atoms with Crippen molar-refractivity contribution in [1.82, 2.24) is 9.97 Å². The Labute approximate surface area is 118 Å². The van der Waals surface area contributed by atoms with Gasteiger partial charge >= 0.3 is 0 Å². The van der Waals surface area contributed by atoms with Crippen molar-refractivity contribution in [3.05, 3.63) is 36.2 Å². The van der Waals surface area contributed by atoms with Gasteiger partial charge in [0.25, 0.3) is 0 Å². The largest absolute Gasteiger partial charge is 0.493 e. The highest BCUT2D eigenvalue weighted by atomic mass is 16.5. The van der Waals surface area contributed by atoms with Crippen LogP contribution < -0.4 is 15.2 Å². The van der Waals surface area contributed by atoms with E-state index in [2.05, 4.69) is 9.97 Å². The molecule has 2 N–H and O–H groups in total. The summed E-state index contributed by atoms with van der Waals surface area (Å²) in [7, 11) is 1.59. The molecule has 1 aromatic carbocycles. The summed E-state index contributed by atoms with van der Waals surface area (Å²) in [5, 5.41) is 0. The maximum Gasteiger partial charge on any atom is 0.224 e. The van der Waals surface area contributed by atoms with Gasteiger partial charge in [0.05, 0.1) is 7.11 Å². The van der Waals surface area contributed by atoms with Crippen molar-refractivity contribution in [3.8, 4) is 17.4 Å². The van der Waals surface area contributed by atoms with Gasteiger partial charge < -0.3 is 15.2 Å². The molecule has 5 heteroatoms. The second kappa shape index (κ2) is 5.36. The minimum atomic E-state index is -0.200. The van der Waals surface area contributed by atoms with Gasteiger partial charge in [0, 0.05) is 11.5 Å². The molecule has 0 spiro atoms. The number of rotatable bonds is 3. The van der Waals surface area contributed by atoms with Crippen molar-refractivity contribution in [3.63, 3.8) is 0 Å². The molecule has 20 heavy (non-hydrogen) atoms. The van der Waals surface area contributed by atoms with Crippen LogP contribution in [0.15, 0.2) is 30.3 Å². The number of anilines is 1. The van der Waals surface area contributed by atoms with Crippen molar-refractivity contribution in [2.75, 3.05) is 12.8 Å². The fourth-order valence-corrected chi connectivity index (χ4v) is 1.65. The average molecular weight is 273 g/mol. The molecule has 0 saturated carbocycles.